The Morgan fingerprint density at radius 1 is 1.62 bits per heavy atom. The van der Waals surface area contributed by atoms with Crippen LogP contribution < -0.4 is 10.6 Å². The first-order valence-electron chi connectivity index (χ1n) is 4.35. The first-order valence-corrected chi connectivity index (χ1v) is 5.14. The van der Waals surface area contributed by atoms with Gasteiger partial charge in [-0.25, -0.2) is 4.98 Å². The van der Waals surface area contributed by atoms with Gasteiger partial charge in [-0.1, -0.05) is 0 Å². The van der Waals surface area contributed by atoms with Gasteiger partial charge in [0.2, 0.25) is 0 Å². The summed E-state index contributed by atoms with van der Waals surface area (Å²) in [7, 11) is 0. The van der Waals surface area contributed by atoms with Gasteiger partial charge in [0, 0.05) is 25.8 Å². The van der Waals surface area contributed by atoms with Gasteiger partial charge in [0.25, 0.3) is 0 Å². The maximum atomic E-state index is 5.51. The molecular weight excluding hydrogens is 230 g/mol. The van der Waals surface area contributed by atoms with Gasteiger partial charge in [-0.3, -0.25) is 0 Å². The lowest BCUT2D eigenvalue weighted by Crippen LogP contribution is -2.30. The monoisotopic (exact) mass is 243 g/mol. The van der Waals surface area contributed by atoms with Crippen LogP contribution in [0, 0.1) is 0 Å². The van der Waals surface area contributed by atoms with E-state index >= 15 is 0 Å². The van der Waals surface area contributed by atoms with Crippen LogP contribution in [0.15, 0.2) is 22.8 Å². The van der Waals surface area contributed by atoms with Crippen LogP contribution in [0.5, 0.6) is 0 Å². The van der Waals surface area contributed by atoms with E-state index in [1.54, 1.807) is 6.20 Å². The van der Waals surface area contributed by atoms with Gasteiger partial charge in [0.05, 0.1) is 4.47 Å². The SMILES string of the molecule is CCN(CCN)c1ncccc1Br. The molecule has 72 valence electrons. The lowest BCUT2D eigenvalue weighted by Gasteiger charge is -2.21. The molecule has 0 aliphatic rings. The molecule has 0 radical (unpaired) electrons. The van der Waals surface area contributed by atoms with Gasteiger partial charge in [0.15, 0.2) is 0 Å². The fourth-order valence-corrected chi connectivity index (χ4v) is 1.69. The summed E-state index contributed by atoms with van der Waals surface area (Å²) in [6.07, 6.45) is 1.79. The zero-order chi connectivity index (χ0) is 9.68. The van der Waals surface area contributed by atoms with Crippen molar-refractivity contribution in [3.8, 4) is 0 Å². The van der Waals surface area contributed by atoms with Crippen molar-refractivity contribution in [2.75, 3.05) is 24.5 Å². The lowest BCUT2D eigenvalue weighted by molar-refractivity contribution is 0.799. The molecule has 3 nitrogen and oxygen atoms in total. The molecule has 0 aliphatic heterocycles. The number of aromatic nitrogens is 1. The van der Waals surface area contributed by atoms with E-state index in [9.17, 15) is 0 Å². The summed E-state index contributed by atoms with van der Waals surface area (Å²) in [6, 6.07) is 3.89. The predicted molar refractivity (Wildman–Crippen MR) is 58.9 cm³/mol. The molecule has 0 aromatic carbocycles. The quantitative estimate of drug-likeness (QED) is 0.875. The van der Waals surface area contributed by atoms with E-state index in [0.717, 1.165) is 23.4 Å². The van der Waals surface area contributed by atoms with Crippen molar-refractivity contribution in [3.05, 3.63) is 22.8 Å². The second-order valence-electron chi connectivity index (χ2n) is 2.68. The molecule has 0 fully saturated rings. The minimum absolute atomic E-state index is 0.650. The minimum Gasteiger partial charge on any atom is -0.355 e. The van der Waals surface area contributed by atoms with E-state index in [1.165, 1.54) is 0 Å². The Morgan fingerprint density at radius 3 is 2.92 bits per heavy atom. The van der Waals surface area contributed by atoms with E-state index in [2.05, 4.69) is 32.7 Å². The Morgan fingerprint density at radius 2 is 2.38 bits per heavy atom. The third kappa shape index (κ3) is 2.67. The van der Waals surface area contributed by atoms with Crippen LogP contribution in [0.1, 0.15) is 6.92 Å². The number of rotatable bonds is 4. The molecule has 0 spiro atoms. The van der Waals surface area contributed by atoms with Crippen LogP contribution in [0.3, 0.4) is 0 Å². The fraction of sp³-hybridized carbons (Fsp3) is 0.444. The molecule has 0 saturated carbocycles. The molecule has 0 bridgehead atoms. The Hall–Kier alpha value is -0.610. The Labute approximate surface area is 87.1 Å². The molecule has 4 heteroatoms. The first-order chi connectivity index (χ1) is 6.29. The van der Waals surface area contributed by atoms with Crippen LogP contribution in [0.2, 0.25) is 0 Å². The third-order valence-corrected chi connectivity index (χ3v) is 2.44. The molecule has 0 amide bonds. The third-order valence-electron chi connectivity index (χ3n) is 1.82. The molecule has 0 aliphatic carbocycles. The predicted octanol–water partition coefficient (Wildman–Crippen LogP) is 1.63. The normalized spacial score (nSPS) is 10.1. The summed E-state index contributed by atoms with van der Waals surface area (Å²) < 4.78 is 1.02. The average Bonchev–Trinajstić information content (AvgIpc) is 2.16. The maximum Gasteiger partial charge on any atom is 0.142 e. The number of anilines is 1. The maximum absolute atomic E-state index is 5.51. The molecule has 1 aromatic rings. The zero-order valence-electron chi connectivity index (χ0n) is 7.70. The van der Waals surface area contributed by atoms with Crippen molar-refractivity contribution in [2.45, 2.75) is 6.92 Å². The molecule has 0 unspecified atom stereocenters. The standard InChI is InChI=1S/C9H14BrN3/c1-2-13(7-5-11)9-8(10)4-3-6-12-9/h3-4,6H,2,5,7,11H2,1H3. The number of hydrogen-bond donors (Lipinski definition) is 1. The fourth-order valence-electron chi connectivity index (χ4n) is 1.18. The van der Waals surface area contributed by atoms with Crippen molar-refractivity contribution in [1.29, 1.82) is 0 Å². The van der Waals surface area contributed by atoms with Crippen LogP contribution in [-0.4, -0.2) is 24.6 Å². The van der Waals surface area contributed by atoms with Crippen molar-refractivity contribution >= 4 is 21.7 Å². The van der Waals surface area contributed by atoms with Crippen molar-refractivity contribution in [1.82, 2.24) is 4.98 Å². The van der Waals surface area contributed by atoms with E-state index < -0.39 is 0 Å². The van der Waals surface area contributed by atoms with Crippen LogP contribution >= 0.6 is 15.9 Å². The summed E-state index contributed by atoms with van der Waals surface area (Å²) in [5.74, 6) is 0.968. The molecular formula is C9H14BrN3. The molecule has 1 heterocycles. The smallest absolute Gasteiger partial charge is 0.142 e. The molecule has 1 aromatic heterocycles. The number of pyridine rings is 1. The van der Waals surface area contributed by atoms with Gasteiger partial charge in [-0.05, 0) is 35.0 Å². The summed E-state index contributed by atoms with van der Waals surface area (Å²) in [5, 5.41) is 0. The Kier molecular flexibility index (Phi) is 4.18. The molecule has 0 atom stereocenters. The van der Waals surface area contributed by atoms with Crippen molar-refractivity contribution in [2.24, 2.45) is 5.73 Å². The zero-order valence-corrected chi connectivity index (χ0v) is 9.29. The largest absolute Gasteiger partial charge is 0.355 e. The van der Waals surface area contributed by atoms with Crippen LogP contribution in [0.25, 0.3) is 0 Å². The number of likely N-dealkylation sites (N-methyl/N-ethyl adjacent to an activating group) is 1. The van der Waals surface area contributed by atoms with Gasteiger partial charge in [-0.2, -0.15) is 0 Å². The highest BCUT2D eigenvalue weighted by Crippen LogP contribution is 2.22. The molecule has 13 heavy (non-hydrogen) atoms. The molecule has 0 saturated heterocycles. The lowest BCUT2D eigenvalue weighted by atomic mass is 10.4. The van der Waals surface area contributed by atoms with Crippen molar-refractivity contribution in [3.63, 3.8) is 0 Å². The van der Waals surface area contributed by atoms with Gasteiger partial charge >= 0.3 is 0 Å². The van der Waals surface area contributed by atoms with Gasteiger partial charge < -0.3 is 10.6 Å². The second kappa shape index (κ2) is 5.19. The summed E-state index contributed by atoms with van der Waals surface area (Å²) in [6.45, 7) is 4.51. The highest BCUT2D eigenvalue weighted by atomic mass is 79.9. The van der Waals surface area contributed by atoms with E-state index in [0.29, 0.717) is 6.54 Å². The number of halogens is 1. The summed E-state index contributed by atoms with van der Waals surface area (Å²) in [5.41, 5.74) is 5.51. The van der Waals surface area contributed by atoms with Crippen LogP contribution in [0.4, 0.5) is 5.82 Å². The van der Waals surface area contributed by atoms with Gasteiger partial charge in [0.1, 0.15) is 5.82 Å². The van der Waals surface area contributed by atoms with Crippen molar-refractivity contribution < 1.29 is 0 Å². The van der Waals surface area contributed by atoms with Gasteiger partial charge in [-0.15, -0.1) is 0 Å². The highest BCUT2D eigenvalue weighted by Gasteiger charge is 2.07. The summed E-state index contributed by atoms with van der Waals surface area (Å²) >= 11 is 3.46. The summed E-state index contributed by atoms with van der Waals surface area (Å²) in [4.78, 5) is 6.43. The highest BCUT2D eigenvalue weighted by molar-refractivity contribution is 9.10. The van der Waals surface area contributed by atoms with E-state index in [-0.39, 0.29) is 0 Å². The Balaban J connectivity index is 2.84. The first kappa shape index (κ1) is 10.5. The topological polar surface area (TPSA) is 42.1 Å². The number of nitrogens with two attached hydrogens (primary N) is 1. The average molecular weight is 244 g/mol. The van der Waals surface area contributed by atoms with Crippen LogP contribution in [-0.2, 0) is 0 Å². The second-order valence-corrected chi connectivity index (χ2v) is 3.53. The van der Waals surface area contributed by atoms with E-state index in [4.69, 9.17) is 5.73 Å². The number of nitrogens with zero attached hydrogens (tertiary/aromatic N) is 2. The molecule has 2 N–H and O–H groups in total. The number of hydrogen-bond acceptors (Lipinski definition) is 3. The van der Waals surface area contributed by atoms with E-state index in [1.807, 2.05) is 12.1 Å². The Bertz CT molecular complexity index is 265. The molecule has 1 rings (SSSR count). The minimum atomic E-state index is 0.650.